The van der Waals surface area contributed by atoms with Crippen molar-refractivity contribution in [2.75, 3.05) is 11.9 Å². The SMILES string of the molecule is CCOc1ccc(NC(=O)/C(C#N)=C/c2cc(Br)c(Oc3ccc(C(F)(F)F)cc3[N+](=O)[O-])c(Br)c2)cc1. The molecular formula is C25H16Br2F3N3O5. The molecule has 0 atom stereocenters. The summed E-state index contributed by atoms with van der Waals surface area (Å²) in [4.78, 5) is 23.0. The summed E-state index contributed by atoms with van der Waals surface area (Å²) in [7, 11) is 0. The van der Waals surface area contributed by atoms with E-state index in [2.05, 4.69) is 37.2 Å². The van der Waals surface area contributed by atoms with E-state index in [0.29, 0.717) is 35.7 Å². The third kappa shape index (κ3) is 7.11. The summed E-state index contributed by atoms with van der Waals surface area (Å²) in [5.74, 6) is -0.424. The van der Waals surface area contributed by atoms with Crippen LogP contribution in [0.25, 0.3) is 6.08 Å². The summed E-state index contributed by atoms with van der Waals surface area (Å²) in [6.07, 6.45) is -3.46. The highest BCUT2D eigenvalue weighted by Gasteiger charge is 2.33. The number of benzene rings is 3. The molecule has 8 nitrogen and oxygen atoms in total. The third-order valence-corrected chi connectivity index (χ3v) is 5.99. The highest BCUT2D eigenvalue weighted by molar-refractivity contribution is 9.11. The summed E-state index contributed by atoms with van der Waals surface area (Å²) < 4.78 is 50.3. The molecule has 196 valence electrons. The number of carbonyl (C=O) groups is 1. The minimum absolute atomic E-state index is 0.0300. The van der Waals surface area contributed by atoms with Gasteiger partial charge in [0.25, 0.3) is 5.91 Å². The number of rotatable bonds is 8. The molecule has 0 saturated heterocycles. The lowest BCUT2D eigenvalue weighted by Crippen LogP contribution is -2.13. The average Bonchev–Trinajstić information content (AvgIpc) is 2.85. The molecule has 0 saturated carbocycles. The summed E-state index contributed by atoms with van der Waals surface area (Å²) in [5.41, 5.74) is -1.45. The van der Waals surface area contributed by atoms with Gasteiger partial charge in [0.1, 0.15) is 17.4 Å². The molecule has 3 rings (SSSR count). The molecular weight excluding hydrogens is 639 g/mol. The third-order valence-electron chi connectivity index (χ3n) is 4.81. The maximum atomic E-state index is 13.0. The molecule has 1 amide bonds. The molecule has 13 heteroatoms. The number of anilines is 1. The van der Waals surface area contributed by atoms with Crippen LogP contribution in [0.15, 0.2) is 69.1 Å². The topological polar surface area (TPSA) is 114 Å². The van der Waals surface area contributed by atoms with Crippen LogP contribution >= 0.6 is 31.9 Å². The second kappa shape index (κ2) is 12.1. The Morgan fingerprint density at radius 3 is 2.29 bits per heavy atom. The van der Waals surface area contributed by atoms with E-state index >= 15 is 0 Å². The molecule has 0 aliphatic carbocycles. The van der Waals surface area contributed by atoms with Gasteiger partial charge in [0.05, 0.1) is 26.0 Å². The summed E-state index contributed by atoms with van der Waals surface area (Å²) in [6.45, 7) is 2.33. The summed E-state index contributed by atoms with van der Waals surface area (Å²) in [6, 6.07) is 13.3. The van der Waals surface area contributed by atoms with Crippen LogP contribution in [0.3, 0.4) is 0 Å². The molecule has 0 spiro atoms. The van der Waals surface area contributed by atoms with Crippen LogP contribution in [0.2, 0.25) is 0 Å². The zero-order valence-corrected chi connectivity index (χ0v) is 22.5. The van der Waals surface area contributed by atoms with Crippen LogP contribution < -0.4 is 14.8 Å². The van der Waals surface area contributed by atoms with Crippen LogP contribution in [0.4, 0.5) is 24.5 Å². The molecule has 3 aromatic rings. The largest absolute Gasteiger partial charge is 0.494 e. The molecule has 0 unspecified atom stereocenters. The second-order valence-corrected chi connectivity index (χ2v) is 9.14. The highest BCUT2D eigenvalue weighted by atomic mass is 79.9. The van der Waals surface area contributed by atoms with Crippen molar-refractivity contribution in [2.45, 2.75) is 13.1 Å². The first-order valence-electron chi connectivity index (χ1n) is 10.6. The Bertz CT molecular complexity index is 1430. The Hall–Kier alpha value is -3.89. The van der Waals surface area contributed by atoms with Crippen molar-refractivity contribution in [3.63, 3.8) is 0 Å². The number of hydrogen-bond donors (Lipinski definition) is 1. The Balaban J connectivity index is 1.86. The van der Waals surface area contributed by atoms with Gasteiger partial charge in [-0.1, -0.05) is 0 Å². The number of alkyl halides is 3. The molecule has 0 fully saturated rings. The van der Waals surface area contributed by atoms with Crippen molar-refractivity contribution in [1.82, 2.24) is 0 Å². The van der Waals surface area contributed by atoms with Crippen molar-refractivity contribution < 1.29 is 32.4 Å². The number of halogens is 5. The number of hydrogen-bond acceptors (Lipinski definition) is 6. The molecule has 0 aliphatic heterocycles. The normalized spacial score (nSPS) is 11.4. The highest BCUT2D eigenvalue weighted by Crippen LogP contribution is 2.42. The van der Waals surface area contributed by atoms with Crippen LogP contribution in [0.1, 0.15) is 18.1 Å². The lowest BCUT2D eigenvalue weighted by molar-refractivity contribution is -0.385. The fourth-order valence-corrected chi connectivity index (χ4v) is 4.49. The number of nitrogens with one attached hydrogen (secondary N) is 1. The molecule has 0 bridgehead atoms. The molecule has 0 radical (unpaired) electrons. The quantitative estimate of drug-likeness (QED) is 0.114. The van der Waals surface area contributed by atoms with Crippen molar-refractivity contribution in [3.8, 4) is 23.3 Å². The molecule has 38 heavy (non-hydrogen) atoms. The minimum Gasteiger partial charge on any atom is -0.494 e. The molecule has 3 aromatic carbocycles. The zero-order valence-electron chi connectivity index (χ0n) is 19.3. The number of nitriles is 1. The van der Waals surface area contributed by atoms with Gasteiger partial charge in [-0.3, -0.25) is 14.9 Å². The maximum absolute atomic E-state index is 13.0. The number of carbonyl (C=O) groups excluding carboxylic acids is 1. The van der Waals surface area contributed by atoms with Gasteiger partial charge in [-0.05, 0) is 99.0 Å². The number of nitrogens with zero attached hydrogens (tertiary/aromatic N) is 2. The maximum Gasteiger partial charge on any atom is 0.416 e. The van der Waals surface area contributed by atoms with E-state index in [1.165, 1.54) is 18.2 Å². The van der Waals surface area contributed by atoms with E-state index in [4.69, 9.17) is 9.47 Å². The van der Waals surface area contributed by atoms with Crippen molar-refractivity contribution in [3.05, 3.63) is 90.4 Å². The van der Waals surface area contributed by atoms with Crippen LogP contribution in [0.5, 0.6) is 17.2 Å². The monoisotopic (exact) mass is 653 g/mol. The van der Waals surface area contributed by atoms with Gasteiger partial charge in [0.15, 0.2) is 5.75 Å². The molecule has 0 aromatic heterocycles. The van der Waals surface area contributed by atoms with Gasteiger partial charge in [0.2, 0.25) is 5.75 Å². The van der Waals surface area contributed by atoms with E-state index in [9.17, 15) is 33.3 Å². The van der Waals surface area contributed by atoms with Gasteiger partial charge in [-0.15, -0.1) is 0 Å². The van der Waals surface area contributed by atoms with E-state index in [1.807, 2.05) is 13.0 Å². The number of nitro benzene ring substituents is 1. The van der Waals surface area contributed by atoms with Crippen molar-refractivity contribution in [2.24, 2.45) is 0 Å². The standard InChI is InChI=1S/C25H16Br2F3N3O5/c1-2-37-18-6-4-17(5-7-18)32-24(34)15(13-31)9-14-10-19(26)23(20(27)11-14)38-22-8-3-16(25(28,29)30)12-21(22)33(35)36/h3-12H,2H2,1H3,(H,32,34)/b15-9+. The smallest absolute Gasteiger partial charge is 0.416 e. The van der Waals surface area contributed by atoms with E-state index in [1.54, 1.807) is 24.3 Å². The zero-order chi connectivity index (χ0) is 28.0. The van der Waals surface area contributed by atoms with Crippen molar-refractivity contribution in [1.29, 1.82) is 5.26 Å². The van der Waals surface area contributed by atoms with Gasteiger partial charge < -0.3 is 14.8 Å². The first kappa shape index (κ1) is 28.7. The second-order valence-electron chi connectivity index (χ2n) is 7.43. The fourth-order valence-electron chi connectivity index (χ4n) is 3.11. The van der Waals surface area contributed by atoms with E-state index in [0.717, 1.165) is 6.07 Å². The summed E-state index contributed by atoms with van der Waals surface area (Å²) in [5, 5.41) is 23.5. The Morgan fingerprint density at radius 1 is 1.13 bits per heavy atom. The lowest BCUT2D eigenvalue weighted by atomic mass is 10.1. The average molecular weight is 655 g/mol. The predicted octanol–water partition coefficient (Wildman–Crippen LogP) is 7.88. The minimum atomic E-state index is -4.77. The van der Waals surface area contributed by atoms with Gasteiger partial charge in [-0.25, -0.2) is 0 Å². The predicted molar refractivity (Wildman–Crippen MR) is 140 cm³/mol. The first-order chi connectivity index (χ1) is 17.9. The number of nitro groups is 1. The Labute approximate surface area is 231 Å². The lowest BCUT2D eigenvalue weighted by Gasteiger charge is -2.13. The fraction of sp³-hybridized carbons (Fsp3) is 0.120. The van der Waals surface area contributed by atoms with Gasteiger partial charge in [-0.2, -0.15) is 18.4 Å². The molecule has 0 heterocycles. The Morgan fingerprint density at radius 2 is 1.76 bits per heavy atom. The van der Waals surface area contributed by atoms with Crippen LogP contribution in [-0.2, 0) is 11.0 Å². The molecule has 0 aliphatic rings. The molecule has 1 N–H and O–H groups in total. The van der Waals surface area contributed by atoms with Crippen molar-refractivity contribution >= 4 is 55.2 Å². The van der Waals surface area contributed by atoms with Crippen LogP contribution in [0, 0.1) is 21.4 Å². The van der Waals surface area contributed by atoms with E-state index in [-0.39, 0.29) is 20.3 Å². The Kier molecular flexibility index (Phi) is 9.13. The number of amides is 1. The van der Waals surface area contributed by atoms with Gasteiger partial charge >= 0.3 is 11.9 Å². The van der Waals surface area contributed by atoms with Crippen LogP contribution in [-0.4, -0.2) is 17.4 Å². The summed E-state index contributed by atoms with van der Waals surface area (Å²) >= 11 is 6.51. The number of ether oxygens (including phenoxy) is 2. The van der Waals surface area contributed by atoms with E-state index < -0.39 is 34.0 Å². The van der Waals surface area contributed by atoms with Gasteiger partial charge in [0, 0.05) is 11.8 Å². The first-order valence-corrected chi connectivity index (χ1v) is 12.2.